The molecule has 5 nitrogen and oxygen atoms in total. The Kier molecular flexibility index (Phi) is 5.90. The van der Waals surface area contributed by atoms with Gasteiger partial charge in [-0.05, 0) is 6.42 Å². The summed E-state index contributed by atoms with van der Waals surface area (Å²) in [5.41, 5.74) is 0. The average Bonchev–Trinajstić information content (AvgIpc) is 2.28. The van der Waals surface area contributed by atoms with Crippen LogP contribution < -0.4 is 10.6 Å². The number of hydrogen-bond donors (Lipinski definition) is 2. The second-order valence-corrected chi connectivity index (χ2v) is 5.31. The molecule has 0 radical (unpaired) electrons. The van der Waals surface area contributed by atoms with Crippen LogP contribution in [0.3, 0.4) is 0 Å². The number of nitrogens with zero attached hydrogens (tertiary/aromatic N) is 2. The third-order valence-electron chi connectivity index (χ3n) is 2.20. The van der Waals surface area contributed by atoms with E-state index in [-0.39, 0.29) is 0 Å². The van der Waals surface area contributed by atoms with E-state index in [0.29, 0.717) is 12.3 Å². The van der Waals surface area contributed by atoms with Gasteiger partial charge in [0.1, 0.15) is 17.5 Å². The zero-order valence-corrected chi connectivity index (χ0v) is 11.4. The third-order valence-corrected chi connectivity index (χ3v) is 2.98. The molecule has 1 rings (SSSR count). The topological polar surface area (TPSA) is 66.9 Å². The molecule has 0 spiro atoms. The Morgan fingerprint density at radius 3 is 2.65 bits per heavy atom. The number of rotatable bonds is 7. The summed E-state index contributed by atoms with van der Waals surface area (Å²) in [6, 6.07) is 1.86. The van der Waals surface area contributed by atoms with Crippen LogP contribution in [0, 0.1) is 0 Å². The number of aryl methyl sites for hydroxylation is 1. The Morgan fingerprint density at radius 1 is 1.35 bits per heavy atom. The highest BCUT2D eigenvalue weighted by molar-refractivity contribution is 7.84. The highest BCUT2D eigenvalue weighted by atomic mass is 32.2. The van der Waals surface area contributed by atoms with Crippen LogP contribution in [0.25, 0.3) is 0 Å². The molecule has 0 aliphatic heterocycles. The van der Waals surface area contributed by atoms with E-state index in [0.717, 1.165) is 30.3 Å². The van der Waals surface area contributed by atoms with Crippen molar-refractivity contribution in [3.05, 3.63) is 11.9 Å². The molecule has 1 unspecified atom stereocenters. The fraction of sp³-hybridized carbons (Fsp3) is 0.636. The fourth-order valence-electron chi connectivity index (χ4n) is 1.37. The summed E-state index contributed by atoms with van der Waals surface area (Å²) in [4.78, 5) is 8.77. The Hall–Kier alpha value is -1.17. The van der Waals surface area contributed by atoms with Crippen molar-refractivity contribution in [2.75, 3.05) is 36.2 Å². The van der Waals surface area contributed by atoms with E-state index in [1.165, 1.54) is 0 Å². The molecule has 1 atom stereocenters. The lowest BCUT2D eigenvalue weighted by Gasteiger charge is -2.08. The Balaban J connectivity index is 2.69. The van der Waals surface area contributed by atoms with Crippen molar-refractivity contribution < 1.29 is 4.21 Å². The lowest BCUT2D eigenvalue weighted by Crippen LogP contribution is -2.12. The van der Waals surface area contributed by atoms with Crippen LogP contribution in [0.4, 0.5) is 11.6 Å². The highest BCUT2D eigenvalue weighted by Crippen LogP contribution is 2.11. The van der Waals surface area contributed by atoms with Crippen LogP contribution in [-0.2, 0) is 17.2 Å². The quantitative estimate of drug-likeness (QED) is 0.769. The van der Waals surface area contributed by atoms with Gasteiger partial charge in [0, 0.05) is 48.9 Å². The average molecular weight is 256 g/mol. The minimum absolute atomic E-state index is 0.627. The molecule has 1 heterocycles. The first-order chi connectivity index (χ1) is 8.15. The van der Waals surface area contributed by atoms with E-state index in [1.807, 2.05) is 13.1 Å². The lowest BCUT2D eigenvalue weighted by atomic mass is 10.3. The molecule has 0 aliphatic carbocycles. The zero-order chi connectivity index (χ0) is 12.7. The van der Waals surface area contributed by atoms with E-state index < -0.39 is 10.8 Å². The van der Waals surface area contributed by atoms with E-state index >= 15 is 0 Å². The van der Waals surface area contributed by atoms with Crippen LogP contribution in [0.2, 0.25) is 0 Å². The molecule has 1 aromatic rings. The summed E-state index contributed by atoms with van der Waals surface area (Å²) < 4.78 is 11.0. The van der Waals surface area contributed by atoms with Crippen molar-refractivity contribution in [2.24, 2.45) is 0 Å². The van der Waals surface area contributed by atoms with Crippen molar-refractivity contribution in [1.29, 1.82) is 0 Å². The summed E-state index contributed by atoms with van der Waals surface area (Å²) >= 11 is 0. The summed E-state index contributed by atoms with van der Waals surface area (Å²) in [5.74, 6) is 3.06. The first-order valence-corrected chi connectivity index (χ1v) is 7.48. The Labute approximate surface area is 105 Å². The maximum absolute atomic E-state index is 11.0. The van der Waals surface area contributed by atoms with Crippen molar-refractivity contribution in [1.82, 2.24) is 9.97 Å². The van der Waals surface area contributed by atoms with Gasteiger partial charge in [0.25, 0.3) is 0 Å². The number of aromatic nitrogens is 2. The number of nitrogens with one attached hydrogen (secondary N) is 2. The van der Waals surface area contributed by atoms with Gasteiger partial charge in [-0.25, -0.2) is 9.97 Å². The molecule has 2 N–H and O–H groups in total. The molecule has 96 valence electrons. The molecule has 6 heteroatoms. The monoisotopic (exact) mass is 256 g/mol. The molecule has 1 aromatic heterocycles. The van der Waals surface area contributed by atoms with Gasteiger partial charge < -0.3 is 10.6 Å². The summed E-state index contributed by atoms with van der Waals surface area (Å²) in [6.45, 7) is 2.76. The zero-order valence-electron chi connectivity index (χ0n) is 10.6. The Bertz CT molecular complexity index is 384. The van der Waals surface area contributed by atoms with Gasteiger partial charge in [-0.1, -0.05) is 6.92 Å². The predicted molar refractivity (Wildman–Crippen MR) is 73.0 cm³/mol. The second kappa shape index (κ2) is 7.21. The molecule has 17 heavy (non-hydrogen) atoms. The van der Waals surface area contributed by atoms with Crippen LogP contribution in [0.1, 0.15) is 19.2 Å². The summed E-state index contributed by atoms with van der Waals surface area (Å²) in [7, 11) is 1.06. The molecule has 0 saturated heterocycles. The van der Waals surface area contributed by atoms with Gasteiger partial charge in [-0.3, -0.25) is 4.21 Å². The van der Waals surface area contributed by atoms with Crippen LogP contribution in [0.15, 0.2) is 6.07 Å². The van der Waals surface area contributed by atoms with E-state index in [9.17, 15) is 4.21 Å². The van der Waals surface area contributed by atoms with E-state index in [2.05, 4.69) is 27.5 Å². The normalized spacial score (nSPS) is 12.2. The highest BCUT2D eigenvalue weighted by Gasteiger charge is 2.03. The van der Waals surface area contributed by atoms with Crippen molar-refractivity contribution in [2.45, 2.75) is 19.8 Å². The number of anilines is 2. The van der Waals surface area contributed by atoms with Gasteiger partial charge in [-0.15, -0.1) is 0 Å². The molecule has 0 saturated carbocycles. The van der Waals surface area contributed by atoms with Gasteiger partial charge in [0.05, 0.1) is 0 Å². The van der Waals surface area contributed by atoms with Crippen LogP contribution in [-0.4, -0.2) is 39.8 Å². The molecule has 0 aliphatic rings. The molecule has 0 aromatic carbocycles. The van der Waals surface area contributed by atoms with E-state index in [4.69, 9.17) is 0 Å². The van der Waals surface area contributed by atoms with Crippen LogP contribution in [0.5, 0.6) is 0 Å². The molecule has 0 bridgehead atoms. The first-order valence-electron chi connectivity index (χ1n) is 5.75. The van der Waals surface area contributed by atoms with Crippen LogP contribution >= 0.6 is 0 Å². The Morgan fingerprint density at radius 2 is 2.06 bits per heavy atom. The minimum Gasteiger partial charge on any atom is -0.373 e. The van der Waals surface area contributed by atoms with Crippen molar-refractivity contribution >= 4 is 22.4 Å². The van der Waals surface area contributed by atoms with Gasteiger partial charge >= 0.3 is 0 Å². The SMILES string of the molecule is CCCc1nc(NC)cc(NCCS(C)=O)n1. The second-order valence-electron chi connectivity index (χ2n) is 3.76. The molecular formula is C11H20N4OS. The summed E-state index contributed by atoms with van der Waals surface area (Å²) in [6.07, 6.45) is 3.58. The maximum atomic E-state index is 11.0. The maximum Gasteiger partial charge on any atom is 0.133 e. The standard InChI is InChI=1S/C11H20N4OS/c1-4-5-9-14-10(12-2)8-11(15-9)13-6-7-17(3)16/h8H,4-7H2,1-3H3,(H2,12,13,14,15). The van der Waals surface area contributed by atoms with Crippen molar-refractivity contribution in [3.8, 4) is 0 Å². The third kappa shape index (κ3) is 5.12. The molecule has 0 fully saturated rings. The van der Waals surface area contributed by atoms with Gasteiger partial charge in [0.2, 0.25) is 0 Å². The van der Waals surface area contributed by atoms with Gasteiger partial charge in [0.15, 0.2) is 0 Å². The predicted octanol–water partition coefficient (Wildman–Crippen LogP) is 1.26. The smallest absolute Gasteiger partial charge is 0.133 e. The fourth-order valence-corrected chi connectivity index (χ4v) is 1.76. The lowest BCUT2D eigenvalue weighted by molar-refractivity contribution is 0.687. The van der Waals surface area contributed by atoms with Gasteiger partial charge in [-0.2, -0.15) is 0 Å². The summed E-state index contributed by atoms with van der Waals surface area (Å²) in [5, 5.41) is 6.18. The minimum atomic E-state index is -0.777. The molecule has 0 amide bonds. The molecular weight excluding hydrogens is 236 g/mol. The largest absolute Gasteiger partial charge is 0.373 e. The number of hydrogen-bond acceptors (Lipinski definition) is 5. The first kappa shape index (κ1) is 13.9. The van der Waals surface area contributed by atoms with Crippen molar-refractivity contribution in [3.63, 3.8) is 0 Å². The van der Waals surface area contributed by atoms with E-state index in [1.54, 1.807) is 6.26 Å².